The Morgan fingerprint density at radius 2 is 1.95 bits per heavy atom. The number of carbonyl (C=O) groups excluding carboxylic acids is 1. The fourth-order valence-electron chi connectivity index (χ4n) is 1.78. The molecule has 2 aromatic carbocycles. The molecule has 2 rings (SSSR count). The van der Waals surface area contributed by atoms with Crippen molar-refractivity contribution in [2.45, 2.75) is 6.92 Å². The number of aliphatic hydroxyl groups is 1. The van der Waals surface area contributed by atoms with Crippen LogP contribution >= 0.6 is 11.6 Å². The zero-order valence-corrected chi connectivity index (χ0v) is 12.2. The molecule has 0 aliphatic heterocycles. The van der Waals surface area contributed by atoms with Crippen molar-refractivity contribution < 1.29 is 9.90 Å². The van der Waals surface area contributed by atoms with Crippen LogP contribution in [0.3, 0.4) is 0 Å². The molecule has 106 valence electrons. The Hall–Kier alpha value is -2.28. The molecule has 0 spiro atoms. The summed E-state index contributed by atoms with van der Waals surface area (Å²) in [6.45, 7) is 1.67. The van der Waals surface area contributed by atoms with Gasteiger partial charge in [-0.25, -0.2) is 0 Å². The molecular formula is C17H14ClNO2. The molecular weight excluding hydrogens is 286 g/mol. The van der Waals surface area contributed by atoms with Crippen LogP contribution in [0, 0.1) is 18.8 Å². The van der Waals surface area contributed by atoms with Crippen LogP contribution in [-0.2, 0) is 0 Å². The van der Waals surface area contributed by atoms with Gasteiger partial charge in [0.1, 0.15) is 6.61 Å². The molecule has 0 fully saturated rings. The van der Waals surface area contributed by atoms with Crippen LogP contribution < -0.4 is 5.32 Å². The van der Waals surface area contributed by atoms with Crippen molar-refractivity contribution in [3.05, 3.63) is 64.2 Å². The summed E-state index contributed by atoms with van der Waals surface area (Å²) in [6.07, 6.45) is 0. The largest absolute Gasteiger partial charge is 0.384 e. The van der Waals surface area contributed by atoms with Gasteiger partial charge >= 0.3 is 0 Å². The third-order valence-corrected chi connectivity index (χ3v) is 3.38. The van der Waals surface area contributed by atoms with E-state index in [4.69, 9.17) is 16.7 Å². The maximum atomic E-state index is 12.2. The number of amides is 1. The number of rotatable bonds is 2. The average molecular weight is 300 g/mol. The topological polar surface area (TPSA) is 49.3 Å². The van der Waals surface area contributed by atoms with Gasteiger partial charge in [0.05, 0.1) is 0 Å². The molecule has 0 bridgehead atoms. The van der Waals surface area contributed by atoms with Crippen molar-refractivity contribution in [2.75, 3.05) is 11.9 Å². The summed E-state index contributed by atoms with van der Waals surface area (Å²) in [5.41, 5.74) is 2.80. The van der Waals surface area contributed by atoms with E-state index in [9.17, 15) is 4.79 Å². The van der Waals surface area contributed by atoms with Gasteiger partial charge < -0.3 is 10.4 Å². The van der Waals surface area contributed by atoms with E-state index in [1.54, 1.807) is 42.5 Å². The van der Waals surface area contributed by atoms with Crippen molar-refractivity contribution in [2.24, 2.45) is 0 Å². The summed E-state index contributed by atoms with van der Waals surface area (Å²) in [5, 5.41) is 12.1. The molecule has 1 amide bonds. The minimum atomic E-state index is -0.206. The van der Waals surface area contributed by atoms with E-state index < -0.39 is 0 Å². The number of hydrogen-bond donors (Lipinski definition) is 2. The first-order valence-corrected chi connectivity index (χ1v) is 6.76. The van der Waals surface area contributed by atoms with Crippen LogP contribution in [-0.4, -0.2) is 17.6 Å². The quantitative estimate of drug-likeness (QED) is 0.836. The van der Waals surface area contributed by atoms with E-state index in [0.717, 1.165) is 11.1 Å². The minimum absolute atomic E-state index is 0.184. The summed E-state index contributed by atoms with van der Waals surface area (Å²) in [6, 6.07) is 12.2. The number of anilines is 1. The zero-order chi connectivity index (χ0) is 15.2. The molecule has 2 aromatic rings. The van der Waals surface area contributed by atoms with Crippen molar-refractivity contribution in [1.29, 1.82) is 0 Å². The highest BCUT2D eigenvalue weighted by atomic mass is 35.5. The van der Waals surface area contributed by atoms with Crippen LogP contribution in [0.4, 0.5) is 5.69 Å². The van der Waals surface area contributed by atoms with Crippen molar-refractivity contribution in [3.8, 4) is 11.8 Å². The van der Waals surface area contributed by atoms with E-state index in [-0.39, 0.29) is 12.5 Å². The summed E-state index contributed by atoms with van der Waals surface area (Å²) >= 11 is 6.03. The van der Waals surface area contributed by atoms with Gasteiger partial charge in [0.15, 0.2) is 0 Å². The second-order valence-corrected chi connectivity index (χ2v) is 4.81. The normalized spacial score (nSPS) is 9.67. The van der Waals surface area contributed by atoms with Gasteiger partial charge in [0, 0.05) is 21.8 Å². The summed E-state index contributed by atoms with van der Waals surface area (Å²) in [4.78, 5) is 12.2. The highest BCUT2D eigenvalue weighted by Crippen LogP contribution is 2.23. The minimum Gasteiger partial charge on any atom is -0.384 e. The monoisotopic (exact) mass is 299 g/mol. The summed E-state index contributed by atoms with van der Waals surface area (Å²) in [5.74, 6) is 5.13. The molecule has 0 aliphatic rings. The molecule has 0 saturated carbocycles. The van der Waals surface area contributed by atoms with E-state index in [1.807, 2.05) is 6.92 Å². The Morgan fingerprint density at radius 3 is 2.62 bits per heavy atom. The van der Waals surface area contributed by atoms with Crippen LogP contribution in [0.1, 0.15) is 21.5 Å². The number of hydrogen-bond acceptors (Lipinski definition) is 2. The van der Waals surface area contributed by atoms with Gasteiger partial charge in [0.25, 0.3) is 5.91 Å². The van der Waals surface area contributed by atoms with Gasteiger partial charge in [-0.3, -0.25) is 4.79 Å². The van der Waals surface area contributed by atoms with Gasteiger partial charge in [0.2, 0.25) is 0 Å². The molecule has 0 radical (unpaired) electrons. The fourth-order valence-corrected chi connectivity index (χ4v) is 1.96. The molecule has 0 heterocycles. The first-order chi connectivity index (χ1) is 10.1. The maximum Gasteiger partial charge on any atom is 0.255 e. The predicted molar refractivity (Wildman–Crippen MR) is 84.5 cm³/mol. The Kier molecular flexibility index (Phi) is 4.99. The highest BCUT2D eigenvalue weighted by Gasteiger charge is 2.08. The zero-order valence-electron chi connectivity index (χ0n) is 11.5. The van der Waals surface area contributed by atoms with Crippen molar-refractivity contribution >= 4 is 23.2 Å². The molecule has 0 atom stereocenters. The molecule has 0 saturated heterocycles. The third-order valence-electron chi connectivity index (χ3n) is 2.97. The van der Waals surface area contributed by atoms with Crippen LogP contribution in [0.5, 0.6) is 0 Å². The summed E-state index contributed by atoms with van der Waals surface area (Å²) in [7, 11) is 0. The predicted octanol–water partition coefficient (Wildman–Crippen LogP) is 3.24. The Balaban J connectivity index is 2.15. The van der Waals surface area contributed by atoms with Crippen molar-refractivity contribution in [1.82, 2.24) is 0 Å². The fraction of sp³-hybridized carbons (Fsp3) is 0.118. The Morgan fingerprint density at radius 1 is 1.24 bits per heavy atom. The number of carbonyl (C=O) groups is 1. The maximum absolute atomic E-state index is 12.2. The van der Waals surface area contributed by atoms with Gasteiger partial charge in [-0.2, -0.15) is 0 Å². The number of halogens is 1. The van der Waals surface area contributed by atoms with E-state index in [2.05, 4.69) is 17.2 Å². The Bertz CT molecular complexity index is 712. The first kappa shape index (κ1) is 15.1. The Labute approximate surface area is 128 Å². The molecule has 4 heteroatoms. The standard InChI is InChI=1S/C17H14ClNO2/c1-12-15(18)5-2-6-16(12)19-17(21)14-9-7-13(8-10-14)4-3-11-20/h2,5-10,20H,11H2,1H3,(H,19,21). The van der Waals surface area contributed by atoms with Crippen molar-refractivity contribution in [3.63, 3.8) is 0 Å². The van der Waals surface area contributed by atoms with E-state index >= 15 is 0 Å². The summed E-state index contributed by atoms with van der Waals surface area (Å²) < 4.78 is 0. The smallest absolute Gasteiger partial charge is 0.255 e. The molecule has 0 unspecified atom stereocenters. The SMILES string of the molecule is Cc1c(Cl)cccc1NC(=O)c1ccc(C#CCO)cc1. The van der Waals surface area contributed by atoms with Crippen LogP contribution in [0.2, 0.25) is 5.02 Å². The second kappa shape index (κ2) is 6.94. The molecule has 0 aromatic heterocycles. The van der Waals surface area contributed by atoms with Gasteiger partial charge in [-0.05, 0) is 48.9 Å². The third kappa shape index (κ3) is 3.85. The second-order valence-electron chi connectivity index (χ2n) is 4.40. The van der Waals surface area contributed by atoms with Crippen LogP contribution in [0.15, 0.2) is 42.5 Å². The average Bonchev–Trinajstić information content (AvgIpc) is 2.50. The lowest BCUT2D eigenvalue weighted by molar-refractivity contribution is 0.102. The first-order valence-electron chi connectivity index (χ1n) is 6.38. The lowest BCUT2D eigenvalue weighted by Crippen LogP contribution is -2.12. The molecule has 21 heavy (non-hydrogen) atoms. The molecule has 0 aliphatic carbocycles. The molecule has 3 nitrogen and oxygen atoms in total. The number of nitrogens with one attached hydrogen (secondary N) is 1. The molecule has 2 N–H and O–H groups in total. The van der Waals surface area contributed by atoms with Gasteiger partial charge in [-0.1, -0.05) is 29.5 Å². The lowest BCUT2D eigenvalue weighted by Gasteiger charge is -2.09. The number of aliphatic hydroxyl groups excluding tert-OH is 1. The lowest BCUT2D eigenvalue weighted by atomic mass is 10.1. The highest BCUT2D eigenvalue weighted by molar-refractivity contribution is 6.31. The van der Waals surface area contributed by atoms with Gasteiger partial charge in [-0.15, -0.1) is 0 Å². The van der Waals surface area contributed by atoms with E-state index in [0.29, 0.717) is 16.3 Å². The van der Waals surface area contributed by atoms with E-state index in [1.165, 1.54) is 0 Å². The number of benzene rings is 2. The van der Waals surface area contributed by atoms with Crippen LogP contribution in [0.25, 0.3) is 0 Å².